The van der Waals surface area contributed by atoms with Gasteiger partial charge in [0.05, 0.1) is 22.3 Å². The molecule has 0 amide bonds. The van der Waals surface area contributed by atoms with Crippen LogP contribution in [0.2, 0.25) is 0 Å². The van der Waals surface area contributed by atoms with Gasteiger partial charge in [-0.05, 0) is 24.6 Å². The lowest BCUT2D eigenvalue weighted by Crippen LogP contribution is -2.38. The SMILES string of the molecule is Cc1ccc([C@H]2NCCn3c(-c4ccccc4)c4c(=O)n(C)c(=O)n(C)c4c32)o1. The molecule has 148 valence electrons. The van der Waals surface area contributed by atoms with Gasteiger partial charge < -0.3 is 14.3 Å². The Morgan fingerprint density at radius 2 is 1.79 bits per heavy atom. The van der Waals surface area contributed by atoms with Crippen molar-refractivity contribution in [3.63, 3.8) is 0 Å². The van der Waals surface area contributed by atoms with E-state index in [1.807, 2.05) is 49.4 Å². The molecule has 0 aliphatic carbocycles. The lowest BCUT2D eigenvalue weighted by molar-refractivity contribution is 0.389. The monoisotopic (exact) mass is 390 g/mol. The van der Waals surface area contributed by atoms with Crippen molar-refractivity contribution in [2.24, 2.45) is 14.1 Å². The summed E-state index contributed by atoms with van der Waals surface area (Å²) in [5.74, 6) is 1.60. The summed E-state index contributed by atoms with van der Waals surface area (Å²) in [7, 11) is 3.25. The summed E-state index contributed by atoms with van der Waals surface area (Å²) in [5.41, 5.74) is 2.73. The fourth-order valence-corrected chi connectivity index (χ4v) is 4.42. The van der Waals surface area contributed by atoms with E-state index in [1.54, 1.807) is 11.6 Å². The van der Waals surface area contributed by atoms with Gasteiger partial charge in [0, 0.05) is 27.2 Å². The Kier molecular flexibility index (Phi) is 3.89. The number of rotatable bonds is 2. The summed E-state index contributed by atoms with van der Waals surface area (Å²) < 4.78 is 10.8. The van der Waals surface area contributed by atoms with Crippen LogP contribution in [0.3, 0.4) is 0 Å². The zero-order chi connectivity index (χ0) is 20.3. The van der Waals surface area contributed by atoms with Crippen LogP contribution in [0.4, 0.5) is 0 Å². The van der Waals surface area contributed by atoms with E-state index in [0.29, 0.717) is 17.4 Å². The molecule has 4 heterocycles. The minimum Gasteiger partial charge on any atom is -0.464 e. The quantitative estimate of drug-likeness (QED) is 0.570. The fourth-order valence-electron chi connectivity index (χ4n) is 4.42. The van der Waals surface area contributed by atoms with E-state index in [0.717, 1.165) is 35.0 Å². The molecule has 0 unspecified atom stereocenters. The minimum atomic E-state index is -0.338. The second-order valence-electron chi connectivity index (χ2n) is 7.52. The number of hydrogen-bond donors (Lipinski definition) is 1. The van der Waals surface area contributed by atoms with Crippen LogP contribution >= 0.6 is 0 Å². The first-order valence-corrected chi connectivity index (χ1v) is 9.66. The first-order valence-electron chi connectivity index (χ1n) is 9.66. The normalized spacial score (nSPS) is 16.3. The Balaban J connectivity index is 1.97. The van der Waals surface area contributed by atoms with Crippen LogP contribution in [0.15, 0.2) is 56.5 Å². The Morgan fingerprint density at radius 1 is 1.03 bits per heavy atom. The molecule has 1 aromatic carbocycles. The molecule has 1 atom stereocenters. The van der Waals surface area contributed by atoms with Crippen molar-refractivity contribution in [2.75, 3.05) is 6.54 Å². The Bertz CT molecular complexity index is 1350. The van der Waals surface area contributed by atoms with Crippen molar-refractivity contribution < 1.29 is 4.42 Å². The van der Waals surface area contributed by atoms with Gasteiger partial charge in [-0.1, -0.05) is 30.3 Å². The van der Waals surface area contributed by atoms with Gasteiger partial charge in [-0.2, -0.15) is 0 Å². The first kappa shape index (κ1) is 17.8. The molecule has 0 saturated carbocycles. The predicted octanol–water partition coefficient (Wildman–Crippen LogP) is 2.30. The highest BCUT2D eigenvalue weighted by molar-refractivity contribution is 5.96. The summed E-state index contributed by atoms with van der Waals surface area (Å²) in [6.07, 6.45) is 0. The second-order valence-corrected chi connectivity index (χ2v) is 7.52. The average molecular weight is 390 g/mol. The van der Waals surface area contributed by atoms with E-state index >= 15 is 0 Å². The highest BCUT2D eigenvalue weighted by atomic mass is 16.3. The molecule has 4 aromatic rings. The topological polar surface area (TPSA) is 74.1 Å². The summed E-state index contributed by atoms with van der Waals surface area (Å²) >= 11 is 0. The van der Waals surface area contributed by atoms with Gasteiger partial charge in [-0.15, -0.1) is 0 Å². The molecule has 5 rings (SSSR count). The number of nitrogens with one attached hydrogen (secondary N) is 1. The number of aromatic nitrogens is 3. The maximum Gasteiger partial charge on any atom is 0.331 e. The summed E-state index contributed by atoms with van der Waals surface area (Å²) in [5, 5.41) is 4.07. The first-order chi connectivity index (χ1) is 14.0. The number of benzene rings is 1. The number of nitrogens with zero attached hydrogens (tertiary/aromatic N) is 3. The molecule has 1 N–H and O–H groups in total. The molecule has 0 bridgehead atoms. The lowest BCUT2D eigenvalue weighted by Gasteiger charge is -2.27. The van der Waals surface area contributed by atoms with Crippen LogP contribution in [-0.2, 0) is 20.6 Å². The molecular formula is C22H22N4O3. The Hall–Kier alpha value is -3.32. The van der Waals surface area contributed by atoms with Crippen molar-refractivity contribution in [1.29, 1.82) is 0 Å². The van der Waals surface area contributed by atoms with Crippen LogP contribution in [-0.4, -0.2) is 20.2 Å². The number of aryl methyl sites for hydroxylation is 2. The van der Waals surface area contributed by atoms with Gasteiger partial charge >= 0.3 is 5.69 Å². The van der Waals surface area contributed by atoms with E-state index in [1.165, 1.54) is 11.6 Å². The van der Waals surface area contributed by atoms with Gasteiger partial charge in [0.15, 0.2) is 0 Å². The number of hydrogen-bond acceptors (Lipinski definition) is 4. The molecule has 0 saturated heterocycles. The van der Waals surface area contributed by atoms with Crippen molar-refractivity contribution in [2.45, 2.75) is 19.5 Å². The summed E-state index contributed by atoms with van der Waals surface area (Å²) in [6.45, 7) is 3.33. The number of furan rings is 1. The third-order valence-electron chi connectivity index (χ3n) is 5.75. The van der Waals surface area contributed by atoms with Crippen LogP contribution in [0, 0.1) is 6.92 Å². The molecule has 0 fully saturated rings. The maximum absolute atomic E-state index is 13.3. The van der Waals surface area contributed by atoms with Gasteiger partial charge in [0.1, 0.15) is 17.6 Å². The van der Waals surface area contributed by atoms with Crippen LogP contribution < -0.4 is 16.6 Å². The summed E-state index contributed by atoms with van der Waals surface area (Å²) in [6, 6.07) is 13.5. The van der Waals surface area contributed by atoms with Crippen LogP contribution in [0.1, 0.15) is 23.3 Å². The molecule has 3 aromatic heterocycles. The standard InChI is InChI=1S/C22H22N4O3/c1-13-9-10-15(29-13)17-20-19-16(21(27)25(3)22(28)24(19)2)18(26(20)12-11-23-17)14-7-5-4-6-8-14/h4-10,17,23H,11-12H2,1-3H3/t17-/m1/s1. The molecular weight excluding hydrogens is 368 g/mol. The van der Waals surface area contributed by atoms with E-state index in [4.69, 9.17) is 4.42 Å². The van der Waals surface area contributed by atoms with Crippen molar-refractivity contribution in [3.8, 4) is 11.3 Å². The highest BCUT2D eigenvalue weighted by Crippen LogP contribution is 2.38. The molecule has 7 heteroatoms. The molecule has 1 aliphatic heterocycles. The average Bonchev–Trinajstić information content (AvgIpc) is 3.32. The zero-order valence-electron chi connectivity index (χ0n) is 16.6. The van der Waals surface area contributed by atoms with Crippen LogP contribution in [0.25, 0.3) is 22.2 Å². The molecule has 0 spiro atoms. The largest absolute Gasteiger partial charge is 0.464 e. The highest BCUT2D eigenvalue weighted by Gasteiger charge is 2.33. The van der Waals surface area contributed by atoms with Crippen molar-refractivity contribution in [3.05, 3.63) is 80.5 Å². The third kappa shape index (κ3) is 2.47. The van der Waals surface area contributed by atoms with E-state index in [9.17, 15) is 9.59 Å². The Labute approximate surface area is 166 Å². The van der Waals surface area contributed by atoms with Gasteiger partial charge in [0.2, 0.25) is 0 Å². The van der Waals surface area contributed by atoms with Crippen molar-refractivity contribution in [1.82, 2.24) is 19.0 Å². The Morgan fingerprint density at radius 3 is 2.48 bits per heavy atom. The third-order valence-corrected chi connectivity index (χ3v) is 5.75. The van der Waals surface area contributed by atoms with Crippen LogP contribution in [0.5, 0.6) is 0 Å². The molecule has 0 radical (unpaired) electrons. The summed E-state index contributed by atoms with van der Waals surface area (Å²) in [4.78, 5) is 26.0. The van der Waals surface area contributed by atoms with E-state index in [-0.39, 0.29) is 17.3 Å². The predicted molar refractivity (Wildman–Crippen MR) is 111 cm³/mol. The van der Waals surface area contributed by atoms with Gasteiger partial charge in [-0.25, -0.2) is 4.79 Å². The minimum absolute atomic E-state index is 0.241. The fraction of sp³-hybridized carbons (Fsp3) is 0.273. The lowest BCUT2D eigenvalue weighted by atomic mass is 10.1. The van der Waals surface area contributed by atoms with E-state index in [2.05, 4.69) is 9.88 Å². The molecule has 29 heavy (non-hydrogen) atoms. The van der Waals surface area contributed by atoms with Gasteiger partial charge in [-0.3, -0.25) is 13.9 Å². The van der Waals surface area contributed by atoms with E-state index < -0.39 is 0 Å². The van der Waals surface area contributed by atoms with Crippen molar-refractivity contribution >= 4 is 10.9 Å². The molecule has 7 nitrogen and oxygen atoms in total. The maximum atomic E-state index is 13.3. The number of fused-ring (bicyclic) bond motifs is 3. The second kappa shape index (κ2) is 6.35. The van der Waals surface area contributed by atoms with Gasteiger partial charge in [0.25, 0.3) is 5.56 Å². The smallest absolute Gasteiger partial charge is 0.331 e. The zero-order valence-corrected chi connectivity index (χ0v) is 16.6. The molecule has 1 aliphatic rings.